The topological polar surface area (TPSA) is 52.6 Å². The lowest BCUT2D eigenvalue weighted by atomic mass is 10.1. The molecule has 0 aromatic heterocycles. The van der Waals surface area contributed by atoms with Gasteiger partial charge in [0.25, 0.3) is 10.1 Å². The number of benzene rings is 2. The molecule has 0 aliphatic carbocycles. The largest absolute Gasteiger partial charge is 0.489 e. The Bertz CT molecular complexity index is 755. The highest BCUT2D eigenvalue weighted by Crippen LogP contribution is 2.21. The SMILES string of the molecule is COS(=O)(=O)c1ccccc1.[2H]c1cccc2c1C=CCO2. The van der Waals surface area contributed by atoms with Crippen molar-refractivity contribution >= 4 is 16.2 Å². The Hall–Kier alpha value is -2.11. The minimum Gasteiger partial charge on any atom is -0.489 e. The summed E-state index contributed by atoms with van der Waals surface area (Å²) < 4.78 is 39.1. The van der Waals surface area contributed by atoms with Crippen LogP contribution < -0.4 is 4.74 Å². The highest BCUT2D eigenvalue weighted by Gasteiger charge is 2.10. The van der Waals surface area contributed by atoms with E-state index in [9.17, 15) is 8.42 Å². The zero-order valence-electron chi connectivity index (χ0n) is 12.5. The summed E-state index contributed by atoms with van der Waals surface area (Å²) in [5.74, 6) is 0.819. The van der Waals surface area contributed by atoms with Gasteiger partial charge in [0.2, 0.25) is 0 Å². The smallest absolute Gasteiger partial charge is 0.296 e. The molecule has 1 aliphatic rings. The maximum Gasteiger partial charge on any atom is 0.296 e. The predicted molar refractivity (Wildman–Crippen MR) is 81.6 cm³/mol. The van der Waals surface area contributed by atoms with Crippen LogP contribution in [0.1, 0.15) is 6.93 Å². The molecule has 0 saturated carbocycles. The van der Waals surface area contributed by atoms with E-state index in [1.54, 1.807) is 24.3 Å². The van der Waals surface area contributed by atoms with Gasteiger partial charge < -0.3 is 4.74 Å². The lowest BCUT2D eigenvalue weighted by Crippen LogP contribution is -2.01. The Morgan fingerprint density at radius 1 is 1.14 bits per heavy atom. The van der Waals surface area contributed by atoms with E-state index in [1.165, 1.54) is 12.1 Å². The molecule has 0 fully saturated rings. The number of rotatable bonds is 2. The quantitative estimate of drug-likeness (QED) is 0.800. The van der Waals surface area contributed by atoms with E-state index in [4.69, 9.17) is 6.11 Å². The lowest BCUT2D eigenvalue weighted by Gasteiger charge is -2.10. The number of ether oxygens (including phenoxy) is 1. The average Bonchev–Trinajstić information content (AvgIpc) is 2.57. The third kappa shape index (κ3) is 4.18. The first-order valence-electron chi connectivity index (χ1n) is 6.79. The predicted octanol–water partition coefficient (Wildman–Crippen LogP) is 3.11. The summed E-state index contributed by atoms with van der Waals surface area (Å²) in [6.45, 7) is 0.621. The second-order valence-electron chi connectivity index (χ2n) is 4.10. The van der Waals surface area contributed by atoms with Crippen molar-refractivity contribution in [3.05, 3.63) is 66.2 Å². The molecule has 1 aliphatic heterocycles. The van der Waals surface area contributed by atoms with E-state index in [2.05, 4.69) is 4.18 Å². The van der Waals surface area contributed by atoms with E-state index in [0.717, 1.165) is 18.4 Å². The van der Waals surface area contributed by atoms with Crippen LogP contribution in [0, 0.1) is 0 Å². The number of hydrogen-bond acceptors (Lipinski definition) is 4. The Kier molecular flexibility index (Phi) is 4.66. The molecule has 0 unspecified atom stereocenters. The van der Waals surface area contributed by atoms with Crippen LogP contribution in [0.15, 0.2) is 65.5 Å². The molecule has 0 bridgehead atoms. The Morgan fingerprint density at radius 2 is 1.86 bits per heavy atom. The molecule has 0 N–H and O–H groups in total. The second-order valence-corrected chi connectivity index (χ2v) is 5.81. The van der Waals surface area contributed by atoms with Crippen molar-refractivity contribution in [3.63, 3.8) is 0 Å². The van der Waals surface area contributed by atoms with Gasteiger partial charge in [-0.05, 0) is 24.3 Å². The standard InChI is InChI=1S/C9H8O.C7H8O3S/c1-2-6-9-8(4-1)5-3-7-10-9;1-10-11(8,9)7-5-3-2-4-6-7/h1-6H,7H2;2-6H,1H3/i4D;. The highest BCUT2D eigenvalue weighted by atomic mass is 32.2. The number of para-hydroxylation sites is 1. The fourth-order valence-electron chi connectivity index (χ4n) is 1.68. The Morgan fingerprint density at radius 3 is 2.52 bits per heavy atom. The summed E-state index contributed by atoms with van der Waals surface area (Å²) in [6, 6.07) is 14.0. The molecule has 1 heterocycles. The molecule has 0 saturated heterocycles. The van der Waals surface area contributed by atoms with Crippen molar-refractivity contribution in [1.29, 1.82) is 0 Å². The fraction of sp³-hybridized carbons (Fsp3) is 0.125. The van der Waals surface area contributed by atoms with Gasteiger partial charge in [0.05, 0.1) is 13.4 Å². The van der Waals surface area contributed by atoms with Gasteiger partial charge in [-0.15, -0.1) is 0 Å². The molecule has 110 valence electrons. The van der Waals surface area contributed by atoms with Crippen LogP contribution in [0.4, 0.5) is 0 Å². The van der Waals surface area contributed by atoms with Crippen molar-refractivity contribution in [2.24, 2.45) is 0 Å². The zero-order valence-corrected chi connectivity index (χ0v) is 12.3. The summed E-state index contributed by atoms with van der Waals surface area (Å²) in [5.41, 5.74) is 0.888. The van der Waals surface area contributed by atoms with Crippen LogP contribution in [-0.2, 0) is 14.3 Å². The Labute approximate surface area is 126 Å². The third-order valence-corrected chi connectivity index (χ3v) is 4.01. The lowest BCUT2D eigenvalue weighted by molar-refractivity contribution is 0.358. The van der Waals surface area contributed by atoms with Crippen LogP contribution in [0.2, 0.25) is 0 Å². The summed E-state index contributed by atoms with van der Waals surface area (Å²) in [4.78, 5) is 0.183. The van der Waals surface area contributed by atoms with Gasteiger partial charge in [-0.2, -0.15) is 8.42 Å². The van der Waals surface area contributed by atoms with Crippen molar-refractivity contribution in [2.75, 3.05) is 13.7 Å². The van der Waals surface area contributed by atoms with Crippen LogP contribution in [0.25, 0.3) is 6.08 Å². The molecule has 2 aromatic carbocycles. The zero-order chi connectivity index (χ0) is 16.0. The maximum absolute atomic E-state index is 11.0. The molecule has 4 nitrogen and oxygen atoms in total. The van der Waals surface area contributed by atoms with Crippen molar-refractivity contribution in [3.8, 4) is 5.75 Å². The molecule has 3 rings (SSSR count). The summed E-state index contributed by atoms with van der Waals surface area (Å²) in [5, 5.41) is 0. The summed E-state index contributed by atoms with van der Waals surface area (Å²) in [7, 11) is -2.36. The van der Waals surface area contributed by atoms with Crippen LogP contribution >= 0.6 is 0 Å². The summed E-state index contributed by atoms with van der Waals surface area (Å²) in [6.07, 6.45) is 3.85. The molecule has 0 atom stereocenters. The van der Waals surface area contributed by atoms with Crippen molar-refractivity contribution < 1.29 is 18.7 Å². The van der Waals surface area contributed by atoms with Crippen molar-refractivity contribution in [2.45, 2.75) is 4.90 Å². The second kappa shape index (κ2) is 7.06. The minimum atomic E-state index is -3.50. The van der Waals surface area contributed by atoms with Gasteiger partial charge >= 0.3 is 0 Å². The first-order chi connectivity index (χ1) is 10.5. The highest BCUT2D eigenvalue weighted by molar-refractivity contribution is 7.86. The van der Waals surface area contributed by atoms with Crippen LogP contribution in [0.3, 0.4) is 0 Å². The average molecular weight is 305 g/mol. The van der Waals surface area contributed by atoms with E-state index in [0.29, 0.717) is 12.6 Å². The first-order valence-corrected chi connectivity index (χ1v) is 7.70. The van der Waals surface area contributed by atoms with Gasteiger partial charge in [0, 0.05) is 5.56 Å². The van der Waals surface area contributed by atoms with E-state index in [1.807, 2.05) is 24.3 Å². The monoisotopic (exact) mass is 305 g/mol. The van der Waals surface area contributed by atoms with Gasteiger partial charge in [-0.1, -0.05) is 42.5 Å². The molecular formula is C16H16O4S. The molecule has 0 spiro atoms. The fourth-order valence-corrected chi connectivity index (χ4v) is 2.36. The first kappa shape index (κ1) is 13.9. The van der Waals surface area contributed by atoms with Gasteiger partial charge in [-0.25, -0.2) is 0 Å². The van der Waals surface area contributed by atoms with E-state index in [-0.39, 0.29) is 4.90 Å². The van der Waals surface area contributed by atoms with Crippen LogP contribution in [-0.4, -0.2) is 22.1 Å². The Balaban J connectivity index is 0.000000160. The van der Waals surface area contributed by atoms with Gasteiger partial charge in [0.15, 0.2) is 0 Å². The maximum atomic E-state index is 11.0. The molecular weight excluding hydrogens is 288 g/mol. The van der Waals surface area contributed by atoms with E-state index >= 15 is 0 Å². The molecule has 2 aromatic rings. The number of hydrogen-bond donors (Lipinski definition) is 0. The van der Waals surface area contributed by atoms with E-state index < -0.39 is 10.1 Å². The van der Waals surface area contributed by atoms with Gasteiger partial charge in [0.1, 0.15) is 12.4 Å². The molecule has 0 radical (unpaired) electrons. The normalized spacial score (nSPS) is 13.3. The minimum absolute atomic E-state index is 0.183. The summed E-state index contributed by atoms with van der Waals surface area (Å²) >= 11 is 0. The molecule has 0 amide bonds. The van der Waals surface area contributed by atoms with Gasteiger partial charge in [-0.3, -0.25) is 4.18 Å². The molecule has 21 heavy (non-hydrogen) atoms. The number of fused-ring (bicyclic) bond motifs is 1. The third-order valence-electron chi connectivity index (χ3n) is 2.72. The van der Waals surface area contributed by atoms with Crippen molar-refractivity contribution in [1.82, 2.24) is 0 Å². The van der Waals surface area contributed by atoms with Crippen LogP contribution in [0.5, 0.6) is 5.75 Å². The molecule has 5 heteroatoms.